The molecule has 0 radical (unpaired) electrons. The molecule has 3 aliphatic heterocycles. The molecular formula is C26H24ClN3O4. The summed E-state index contributed by atoms with van der Waals surface area (Å²) in [6, 6.07) is 14.4. The van der Waals surface area contributed by atoms with Gasteiger partial charge in [0.2, 0.25) is 5.78 Å². The maximum absolute atomic E-state index is 13.6. The van der Waals surface area contributed by atoms with E-state index in [2.05, 4.69) is 15.3 Å². The van der Waals surface area contributed by atoms with Crippen LogP contribution in [0.4, 0.5) is 0 Å². The molecule has 8 heteroatoms. The zero-order chi connectivity index (χ0) is 23.5. The molecule has 0 saturated carbocycles. The molecule has 7 nitrogen and oxygen atoms in total. The number of carbonyl (C=O) groups is 1. The van der Waals surface area contributed by atoms with Crippen LogP contribution in [0.25, 0.3) is 0 Å². The smallest absolute Gasteiger partial charge is 0.214 e. The molecule has 2 N–H and O–H groups in total. The lowest BCUT2D eigenvalue weighted by Gasteiger charge is -2.31. The van der Waals surface area contributed by atoms with E-state index in [1.165, 1.54) is 0 Å². The van der Waals surface area contributed by atoms with Crippen molar-refractivity contribution in [3.63, 3.8) is 0 Å². The van der Waals surface area contributed by atoms with E-state index < -0.39 is 0 Å². The van der Waals surface area contributed by atoms with Gasteiger partial charge < -0.3 is 19.9 Å². The standard InChI is InChI=1S/C26H24ClN3O4/c27-22-12-18(34-17-4-2-1-3-5-17)8-9-20(22)26(32)25-24(21-10-11-28-23(21)13-29-25)30-16-6-7-19(14-31)33-15-16/h1-5,8-12,16,19,30-31H,6-7,13-15H2/t16-,19+/m1/s1. The molecule has 0 amide bonds. The number of benzene rings is 2. The fourth-order valence-corrected chi connectivity index (χ4v) is 4.43. The second-order valence-electron chi connectivity index (χ2n) is 8.29. The van der Waals surface area contributed by atoms with Gasteiger partial charge in [-0.2, -0.15) is 0 Å². The number of para-hydroxylation sites is 1. The zero-order valence-corrected chi connectivity index (χ0v) is 19.2. The van der Waals surface area contributed by atoms with Crippen LogP contribution in [0.5, 0.6) is 11.5 Å². The molecule has 0 aliphatic carbocycles. The summed E-state index contributed by atoms with van der Waals surface area (Å²) in [4.78, 5) is 22.5. The number of hydrogen-bond donors (Lipinski definition) is 2. The van der Waals surface area contributed by atoms with Gasteiger partial charge in [0.15, 0.2) is 0 Å². The molecule has 5 rings (SSSR count). The highest BCUT2D eigenvalue weighted by atomic mass is 35.5. The molecule has 3 heterocycles. The number of rotatable bonds is 7. The largest absolute Gasteiger partial charge is 0.457 e. The summed E-state index contributed by atoms with van der Waals surface area (Å²) < 4.78 is 11.5. The molecule has 1 saturated heterocycles. The lowest BCUT2D eigenvalue weighted by atomic mass is 9.95. The van der Waals surface area contributed by atoms with E-state index in [1.807, 2.05) is 36.4 Å². The van der Waals surface area contributed by atoms with E-state index in [-0.39, 0.29) is 24.5 Å². The zero-order valence-electron chi connectivity index (χ0n) is 18.4. The quantitative estimate of drug-likeness (QED) is 0.585. The molecule has 1 fully saturated rings. The number of aliphatic hydroxyl groups excluding tert-OH is 1. The van der Waals surface area contributed by atoms with E-state index in [4.69, 9.17) is 21.1 Å². The first kappa shape index (κ1) is 22.5. The SMILES string of the molecule is O=C(C1=NCC2=NC=CC2=C1N[C@@H]1CC[C@@H](CO)OC1)c1ccc(Oc2ccccc2)cc1Cl. The Morgan fingerprint density at radius 3 is 2.76 bits per heavy atom. The van der Waals surface area contributed by atoms with Gasteiger partial charge in [0.05, 0.1) is 42.3 Å². The first-order chi connectivity index (χ1) is 16.6. The Morgan fingerprint density at radius 2 is 2.03 bits per heavy atom. The number of ether oxygens (including phenoxy) is 2. The summed E-state index contributed by atoms with van der Waals surface area (Å²) in [6.07, 6.45) is 5.01. The van der Waals surface area contributed by atoms with Crippen molar-refractivity contribution in [3.05, 3.63) is 82.7 Å². The minimum Gasteiger partial charge on any atom is -0.457 e. The molecular weight excluding hydrogens is 454 g/mol. The Hall–Kier alpha value is -3.26. The molecule has 0 aromatic heterocycles. The molecule has 0 spiro atoms. The van der Waals surface area contributed by atoms with Crippen LogP contribution in [0.3, 0.4) is 0 Å². The third-order valence-electron chi connectivity index (χ3n) is 5.98. The Bertz CT molecular complexity index is 1210. The third kappa shape index (κ3) is 4.68. The summed E-state index contributed by atoms with van der Waals surface area (Å²) in [7, 11) is 0. The molecule has 0 bridgehead atoms. The topological polar surface area (TPSA) is 92.5 Å². The van der Waals surface area contributed by atoms with Crippen LogP contribution in [0.15, 0.2) is 82.1 Å². The first-order valence-electron chi connectivity index (χ1n) is 11.2. The van der Waals surface area contributed by atoms with Crippen molar-refractivity contribution in [1.82, 2.24) is 5.32 Å². The minimum atomic E-state index is -0.268. The monoisotopic (exact) mass is 477 g/mol. The number of carbonyl (C=O) groups excluding carboxylic acids is 1. The van der Waals surface area contributed by atoms with Gasteiger partial charge in [0, 0.05) is 29.4 Å². The van der Waals surface area contributed by atoms with Gasteiger partial charge in [-0.15, -0.1) is 0 Å². The highest BCUT2D eigenvalue weighted by Gasteiger charge is 2.31. The summed E-state index contributed by atoms with van der Waals surface area (Å²) in [5.41, 5.74) is 3.00. The third-order valence-corrected chi connectivity index (χ3v) is 6.29. The van der Waals surface area contributed by atoms with E-state index in [0.29, 0.717) is 46.6 Å². The van der Waals surface area contributed by atoms with Crippen LogP contribution in [-0.2, 0) is 4.74 Å². The van der Waals surface area contributed by atoms with Crippen LogP contribution >= 0.6 is 11.6 Å². The van der Waals surface area contributed by atoms with Crippen LogP contribution in [0.1, 0.15) is 23.2 Å². The number of allylic oxidation sites excluding steroid dienone is 2. The molecule has 2 atom stereocenters. The van der Waals surface area contributed by atoms with E-state index in [1.54, 1.807) is 24.4 Å². The van der Waals surface area contributed by atoms with Crippen LogP contribution in [-0.4, -0.2) is 54.2 Å². The summed E-state index contributed by atoms with van der Waals surface area (Å²) in [5.74, 6) is 0.958. The molecule has 2 aromatic rings. The van der Waals surface area contributed by atoms with Gasteiger partial charge in [0.1, 0.15) is 17.2 Å². The van der Waals surface area contributed by atoms with Gasteiger partial charge in [-0.05, 0) is 43.2 Å². The number of aliphatic imine (C=N–C) groups is 2. The van der Waals surface area contributed by atoms with Crippen molar-refractivity contribution >= 4 is 28.8 Å². The second-order valence-corrected chi connectivity index (χ2v) is 8.69. The maximum Gasteiger partial charge on any atom is 0.214 e. The highest BCUT2D eigenvalue weighted by molar-refractivity contribution is 6.55. The van der Waals surface area contributed by atoms with Crippen molar-refractivity contribution in [2.24, 2.45) is 9.98 Å². The van der Waals surface area contributed by atoms with E-state index in [9.17, 15) is 9.90 Å². The fraction of sp³-hybridized carbons (Fsp3) is 0.269. The van der Waals surface area contributed by atoms with Crippen molar-refractivity contribution < 1.29 is 19.4 Å². The average molecular weight is 478 g/mol. The normalized spacial score (nSPS) is 21.6. The summed E-state index contributed by atoms with van der Waals surface area (Å²) in [5, 5.41) is 13.1. The number of nitrogens with one attached hydrogen (secondary N) is 1. The number of hydrogen-bond acceptors (Lipinski definition) is 7. The number of nitrogens with zero attached hydrogens (tertiary/aromatic N) is 2. The van der Waals surface area contributed by atoms with Crippen LogP contribution in [0, 0.1) is 0 Å². The van der Waals surface area contributed by atoms with Crippen molar-refractivity contribution in [2.75, 3.05) is 19.8 Å². The molecule has 174 valence electrons. The predicted molar refractivity (Wildman–Crippen MR) is 131 cm³/mol. The lowest BCUT2D eigenvalue weighted by Crippen LogP contribution is -2.44. The number of dihydropyridines is 1. The van der Waals surface area contributed by atoms with Gasteiger partial charge in [-0.3, -0.25) is 14.8 Å². The minimum absolute atomic E-state index is 0.00577. The van der Waals surface area contributed by atoms with Gasteiger partial charge >= 0.3 is 0 Å². The molecule has 0 unspecified atom stereocenters. The average Bonchev–Trinajstić information content (AvgIpc) is 3.35. The Kier molecular flexibility index (Phi) is 6.58. The Morgan fingerprint density at radius 1 is 1.18 bits per heavy atom. The number of halogens is 1. The number of aliphatic hydroxyl groups is 1. The molecule has 34 heavy (non-hydrogen) atoms. The van der Waals surface area contributed by atoms with Crippen molar-refractivity contribution in [1.29, 1.82) is 0 Å². The maximum atomic E-state index is 13.6. The Balaban J connectivity index is 1.38. The van der Waals surface area contributed by atoms with Crippen LogP contribution in [0.2, 0.25) is 5.02 Å². The summed E-state index contributed by atoms with van der Waals surface area (Å²) >= 11 is 6.52. The van der Waals surface area contributed by atoms with Gasteiger partial charge in [0.25, 0.3) is 0 Å². The number of ketones is 1. The van der Waals surface area contributed by atoms with Gasteiger partial charge in [-0.1, -0.05) is 29.8 Å². The number of fused-ring (bicyclic) bond motifs is 1. The predicted octanol–water partition coefficient (Wildman–Crippen LogP) is 4.12. The summed E-state index contributed by atoms with van der Waals surface area (Å²) in [6.45, 7) is 0.773. The van der Waals surface area contributed by atoms with E-state index >= 15 is 0 Å². The van der Waals surface area contributed by atoms with Crippen molar-refractivity contribution in [3.8, 4) is 11.5 Å². The van der Waals surface area contributed by atoms with Crippen LogP contribution < -0.4 is 10.1 Å². The number of Topliss-reactive ketones (excluding diaryl/α,β-unsaturated/α-hetero) is 1. The first-order valence-corrected chi connectivity index (χ1v) is 11.6. The fourth-order valence-electron chi connectivity index (χ4n) is 4.18. The molecule has 2 aromatic carbocycles. The van der Waals surface area contributed by atoms with Gasteiger partial charge in [-0.25, -0.2) is 0 Å². The highest BCUT2D eigenvalue weighted by Crippen LogP contribution is 2.29. The van der Waals surface area contributed by atoms with E-state index in [0.717, 1.165) is 24.1 Å². The molecule has 3 aliphatic rings. The van der Waals surface area contributed by atoms with Crippen molar-refractivity contribution in [2.45, 2.75) is 25.0 Å². The lowest BCUT2D eigenvalue weighted by molar-refractivity contribution is -0.0298. The Labute approximate surface area is 202 Å². The second kappa shape index (κ2) is 9.93.